The van der Waals surface area contributed by atoms with Crippen molar-refractivity contribution in [3.63, 3.8) is 0 Å². The number of halogens is 3. The van der Waals surface area contributed by atoms with E-state index in [-0.39, 0.29) is 12.2 Å². The third-order valence-electron chi connectivity index (χ3n) is 5.35. The Balaban J connectivity index is 1.55. The van der Waals surface area contributed by atoms with Gasteiger partial charge in [-0.15, -0.1) is 5.10 Å². The van der Waals surface area contributed by atoms with E-state index in [2.05, 4.69) is 15.6 Å². The quantitative estimate of drug-likeness (QED) is 0.450. The molecule has 32 heavy (non-hydrogen) atoms. The van der Waals surface area contributed by atoms with E-state index in [1.807, 2.05) is 0 Å². The number of aromatic nitrogens is 3. The zero-order chi connectivity index (χ0) is 22.8. The van der Waals surface area contributed by atoms with Crippen LogP contribution in [0.25, 0.3) is 11.3 Å². The highest BCUT2D eigenvalue weighted by atomic mass is 19.2. The van der Waals surface area contributed by atoms with Crippen molar-refractivity contribution in [1.29, 1.82) is 0 Å². The highest BCUT2D eigenvalue weighted by Gasteiger charge is 2.45. The molecule has 1 saturated heterocycles. The Morgan fingerprint density at radius 1 is 1.00 bits per heavy atom. The number of rotatable bonds is 6. The summed E-state index contributed by atoms with van der Waals surface area (Å²) in [6.45, 7) is -0.561. The van der Waals surface area contributed by atoms with E-state index in [9.17, 15) is 28.5 Å². The van der Waals surface area contributed by atoms with Gasteiger partial charge in [-0.05, 0) is 24.3 Å². The van der Waals surface area contributed by atoms with Gasteiger partial charge in [-0.3, -0.25) is 0 Å². The van der Waals surface area contributed by atoms with Gasteiger partial charge in [-0.1, -0.05) is 17.3 Å². The topological polar surface area (TPSA) is 113 Å². The number of aliphatic hydroxyl groups excluding tert-OH is 3. The fourth-order valence-corrected chi connectivity index (χ4v) is 3.69. The Labute approximate surface area is 180 Å². The molecule has 2 aromatic carbocycles. The van der Waals surface area contributed by atoms with E-state index in [4.69, 9.17) is 4.74 Å². The molecule has 1 aromatic heterocycles. The summed E-state index contributed by atoms with van der Waals surface area (Å²) < 4.78 is 46.9. The Kier molecular flexibility index (Phi) is 6.42. The van der Waals surface area contributed by atoms with Crippen molar-refractivity contribution in [3.05, 3.63) is 66.1 Å². The van der Waals surface area contributed by atoms with E-state index in [1.165, 1.54) is 35.1 Å². The van der Waals surface area contributed by atoms with Crippen LogP contribution in [0.4, 0.5) is 18.9 Å². The summed E-state index contributed by atoms with van der Waals surface area (Å²) in [6.07, 6.45) is -3.15. The second-order valence-electron chi connectivity index (χ2n) is 7.47. The lowest BCUT2D eigenvalue weighted by Gasteiger charge is -2.42. The number of nitrogens with one attached hydrogen (secondary N) is 1. The molecule has 1 fully saturated rings. The van der Waals surface area contributed by atoms with Gasteiger partial charge in [-0.25, -0.2) is 17.9 Å². The summed E-state index contributed by atoms with van der Waals surface area (Å²) in [5, 5.41) is 41.9. The van der Waals surface area contributed by atoms with Crippen molar-refractivity contribution in [2.75, 3.05) is 18.5 Å². The van der Waals surface area contributed by atoms with Crippen molar-refractivity contribution in [2.24, 2.45) is 0 Å². The molecule has 0 amide bonds. The number of benzene rings is 2. The standard InChI is InChI=1S/C21H21F3N4O4/c22-12-3-1-2-11(6-12)16-9-28(27-26-16)19-20(30)17(32-18(10-29)21(19)31)8-25-13-4-5-14(23)15(24)7-13/h1-7,9,17-21,25,29-31H,8,10H2/t17-,18?,19?,20?,21-/m0/s1. The van der Waals surface area contributed by atoms with Gasteiger partial charge in [0, 0.05) is 23.9 Å². The van der Waals surface area contributed by atoms with Gasteiger partial charge in [-0.2, -0.15) is 0 Å². The number of ether oxygens (including phenoxy) is 1. The van der Waals surface area contributed by atoms with E-state index >= 15 is 0 Å². The van der Waals surface area contributed by atoms with Gasteiger partial charge in [0.05, 0.1) is 12.8 Å². The van der Waals surface area contributed by atoms with Crippen molar-refractivity contribution in [2.45, 2.75) is 30.5 Å². The summed E-state index contributed by atoms with van der Waals surface area (Å²) in [6, 6.07) is 7.93. The molecule has 0 saturated carbocycles. The molecule has 3 aromatic rings. The summed E-state index contributed by atoms with van der Waals surface area (Å²) in [5.41, 5.74) is 1.05. The van der Waals surface area contributed by atoms with Gasteiger partial charge < -0.3 is 25.4 Å². The fourth-order valence-electron chi connectivity index (χ4n) is 3.69. The lowest BCUT2D eigenvalue weighted by Crippen LogP contribution is -2.57. The molecule has 0 bridgehead atoms. The Hall–Kier alpha value is -2.99. The first-order chi connectivity index (χ1) is 15.4. The number of aliphatic hydroxyl groups is 3. The second kappa shape index (κ2) is 9.25. The van der Waals surface area contributed by atoms with Crippen LogP contribution in [0.2, 0.25) is 0 Å². The first kappa shape index (κ1) is 22.2. The first-order valence-electron chi connectivity index (χ1n) is 9.86. The summed E-state index contributed by atoms with van der Waals surface area (Å²) >= 11 is 0. The summed E-state index contributed by atoms with van der Waals surface area (Å²) in [4.78, 5) is 0. The van der Waals surface area contributed by atoms with E-state index in [0.717, 1.165) is 12.1 Å². The van der Waals surface area contributed by atoms with Crippen molar-refractivity contribution in [1.82, 2.24) is 15.0 Å². The minimum Gasteiger partial charge on any atom is -0.394 e. The molecule has 170 valence electrons. The van der Waals surface area contributed by atoms with Gasteiger partial charge >= 0.3 is 0 Å². The monoisotopic (exact) mass is 450 g/mol. The molecule has 0 aliphatic carbocycles. The average Bonchev–Trinajstić information content (AvgIpc) is 3.25. The predicted molar refractivity (Wildman–Crippen MR) is 107 cm³/mol. The third kappa shape index (κ3) is 4.46. The zero-order valence-corrected chi connectivity index (χ0v) is 16.6. The second-order valence-corrected chi connectivity index (χ2v) is 7.47. The predicted octanol–water partition coefficient (Wildman–Crippen LogP) is 1.50. The lowest BCUT2D eigenvalue weighted by atomic mass is 9.92. The highest BCUT2D eigenvalue weighted by molar-refractivity contribution is 5.57. The van der Waals surface area contributed by atoms with Gasteiger partial charge in [0.2, 0.25) is 0 Å². The largest absolute Gasteiger partial charge is 0.394 e. The minimum absolute atomic E-state index is 0.0303. The Morgan fingerprint density at radius 3 is 2.50 bits per heavy atom. The van der Waals surface area contributed by atoms with Crippen molar-refractivity contribution >= 4 is 5.69 Å². The zero-order valence-electron chi connectivity index (χ0n) is 16.6. The first-order valence-corrected chi connectivity index (χ1v) is 9.86. The smallest absolute Gasteiger partial charge is 0.160 e. The molecule has 2 heterocycles. The van der Waals surface area contributed by atoms with Gasteiger partial charge in [0.1, 0.15) is 42.0 Å². The Morgan fingerprint density at radius 2 is 1.78 bits per heavy atom. The molecule has 5 atom stereocenters. The van der Waals surface area contributed by atoms with Crippen LogP contribution < -0.4 is 5.32 Å². The molecule has 4 N–H and O–H groups in total. The van der Waals surface area contributed by atoms with E-state index in [1.54, 1.807) is 6.07 Å². The highest BCUT2D eigenvalue weighted by Crippen LogP contribution is 2.31. The number of hydrogen-bond donors (Lipinski definition) is 4. The van der Waals surface area contributed by atoms with E-state index in [0.29, 0.717) is 11.3 Å². The molecular formula is C21H21F3N4O4. The van der Waals surface area contributed by atoms with Gasteiger partial charge in [0.15, 0.2) is 11.6 Å². The van der Waals surface area contributed by atoms with Crippen LogP contribution in [-0.2, 0) is 4.74 Å². The van der Waals surface area contributed by atoms with Crippen molar-refractivity contribution in [3.8, 4) is 11.3 Å². The third-order valence-corrected chi connectivity index (χ3v) is 5.35. The van der Waals surface area contributed by atoms with Crippen LogP contribution in [0.1, 0.15) is 6.04 Å². The molecule has 0 radical (unpaired) electrons. The molecule has 3 unspecified atom stereocenters. The molecule has 11 heteroatoms. The molecule has 8 nitrogen and oxygen atoms in total. The Bertz CT molecular complexity index is 1080. The van der Waals surface area contributed by atoms with Crippen LogP contribution in [0, 0.1) is 17.5 Å². The lowest BCUT2D eigenvalue weighted by molar-refractivity contribution is -0.201. The molecule has 0 spiro atoms. The maximum atomic E-state index is 13.5. The maximum absolute atomic E-state index is 13.5. The maximum Gasteiger partial charge on any atom is 0.160 e. The van der Waals surface area contributed by atoms with Crippen LogP contribution >= 0.6 is 0 Å². The average molecular weight is 450 g/mol. The van der Waals surface area contributed by atoms with Crippen LogP contribution in [0.5, 0.6) is 0 Å². The SMILES string of the molecule is OCC1O[C@@H](CNc2ccc(F)c(F)c2)C(O)C(n2cc(-c3cccc(F)c3)nn2)[C@H]1O. The van der Waals surface area contributed by atoms with Crippen LogP contribution in [-0.4, -0.2) is 67.9 Å². The normalized spacial score (nSPS) is 25.6. The number of hydrogen-bond acceptors (Lipinski definition) is 7. The molecular weight excluding hydrogens is 429 g/mol. The summed E-state index contributed by atoms with van der Waals surface area (Å²) in [5.74, 6) is -2.48. The molecule has 4 rings (SSSR count). The fraction of sp³-hybridized carbons (Fsp3) is 0.333. The number of nitrogens with zero attached hydrogens (tertiary/aromatic N) is 3. The molecule has 1 aliphatic rings. The summed E-state index contributed by atoms with van der Waals surface area (Å²) in [7, 11) is 0. The van der Waals surface area contributed by atoms with Crippen LogP contribution in [0.3, 0.4) is 0 Å². The number of anilines is 1. The van der Waals surface area contributed by atoms with Gasteiger partial charge in [0.25, 0.3) is 0 Å². The van der Waals surface area contributed by atoms with Crippen LogP contribution in [0.15, 0.2) is 48.7 Å². The van der Waals surface area contributed by atoms with Crippen molar-refractivity contribution < 1.29 is 33.2 Å². The molecule has 1 aliphatic heterocycles. The van der Waals surface area contributed by atoms with E-state index < -0.39 is 54.5 Å². The minimum atomic E-state index is -1.32.